The second-order valence-electron chi connectivity index (χ2n) is 9.76. The lowest BCUT2D eigenvalue weighted by molar-refractivity contribution is -0.157. The fraction of sp³-hybridized carbons (Fsp3) is 0.708. The van der Waals surface area contributed by atoms with Crippen LogP contribution in [0.15, 0.2) is 30.3 Å². The van der Waals surface area contributed by atoms with Crippen LogP contribution in [-0.4, -0.2) is 61.4 Å². The Labute approximate surface area is 174 Å². The maximum atomic E-state index is 11.7. The number of ether oxygens (including phenoxy) is 1. The van der Waals surface area contributed by atoms with Crippen LogP contribution in [0.4, 0.5) is 0 Å². The van der Waals surface area contributed by atoms with Gasteiger partial charge in [-0.05, 0) is 57.7 Å². The van der Waals surface area contributed by atoms with E-state index in [0.29, 0.717) is 24.5 Å². The van der Waals surface area contributed by atoms with E-state index in [1.54, 1.807) is 7.11 Å². The number of nitrogens with one attached hydrogen (secondary N) is 1. The van der Waals surface area contributed by atoms with Crippen molar-refractivity contribution in [2.45, 2.75) is 63.5 Å². The minimum Gasteiger partial charge on any atom is -0.481 e. The largest absolute Gasteiger partial charge is 0.481 e. The molecule has 0 aromatic heterocycles. The third-order valence-electron chi connectivity index (χ3n) is 7.98. The summed E-state index contributed by atoms with van der Waals surface area (Å²) in [4.78, 5) is 14.1. The summed E-state index contributed by atoms with van der Waals surface area (Å²) in [5, 5.41) is 13.6. The molecule has 1 aliphatic heterocycles. The lowest BCUT2D eigenvalue weighted by Crippen LogP contribution is -2.56. The summed E-state index contributed by atoms with van der Waals surface area (Å²) in [5.74, 6) is 0.0283. The number of rotatable bonds is 9. The van der Waals surface area contributed by atoms with Crippen molar-refractivity contribution in [3.63, 3.8) is 0 Å². The second-order valence-corrected chi connectivity index (χ2v) is 9.76. The zero-order chi connectivity index (χ0) is 20.5. The van der Waals surface area contributed by atoms with Crippen molar-refractivity contribution in [2.75, 3.05) is 33.4 Å². The molecule has 2 aliphatic carbocycles. The second kappa shape index (κ2) is 8.37. The Hall–Kier alpha value is -1.43. The zero-order valence-corrected chi connectivity index (χ0v) is 17.9. The van der Waals surface area contributed by atoms with Gasteiger partial charge in [-0.2, -0.15) is 0 Å². The molecule has 5 nitrogen and oxygen atoms in total. The molecule has 1 heterocycles. The van der Waals surface area contributed by atoms with Crippen molar-refractivity contribution in [1.82, 2.24) is 10.2 Å². The van der Waals surface area contributed by atoms with Gasteiger partial charge in [0.15, 0.2) is 0 Å². The highest BCUT2D eigenvalue weighted by Crippen LogP contribution is 2.45. The Bertz CT molecular complexity index is 695. The monoisotopic (exact) mass is 400 g/mol. The van der Waals surface area contributed by atoms with E-state index in [1.807, 2.05) is 0 Å². The first-order valence-corrected chi connectivity index (χ1v) is 11.2. The molecule has 0 spiro atoms. The van der Waals surface area contributed by atoms with Gasteiger partial charge in [-0.1, -0.05) is 36.8 Å². The molecule has 0 radical (unpaired) electrons. The number of hydrogen-bond acceptors (Lipinski definition) is 4. The number of piperidine rings is 1. The van der Waals surface area contributed by atoms with Crippen molar-refractivity contribution in [1.29, 1.82) is 0 Å². The minimum absolute atomic E-state index is 0.130. The first-order valence-electron chi connectivity index (χ1n) is 11.2. The third kappa shape index (κ3) is 4.23. The highest BCUT2D eigenvalue weighted by Gasteiger charge is 2.48. The van der Waals surface area contributed by atoms with Gasteiger partial charge < -0.3 is 20.1 Å². The normalized spacial score (nSPS) is 29.0. The molecule has 4 rings (SSSR count). The molecule has 160 valence electrons. The Morgan fingerprint density at radius 2 is 1.93 bits per heavy atom. The molecule has 0 bridgehead atoms. The lowest BCUT2D eigenvalue weighted by Gasteiger charge is -2.48. The standard InChI is InChI=1S/C24H36N2O3/c1-18(25-21-15-20(21)19-7-4-3-5-8-19)24(17-29-2)11-13-26(14-12-24)16-23(22(27)28)9-6-10-23/h3-5,7-8,18,20-21,25H,6,9-17H2,1-2H3,(H,27,28)/t18?,20?,21-/m1/s1. The van der Waals surface area contributed by atoms with E-state index in [4.69, 9.17) is 4.74 Å². The molecule has 2 unspecified atom stereocenters. The molecule has 3 fully saturated rings. The number of carbonyl (C=O) groups is 1. The van der Waals surface area contributed by atoms with E-state index in [0.717, 1.165) is 51.8 Å². The summed E-state index contributed by atoms with van der Waals surface area (Å²) >= 11 is 0. The molecule has 1 aromatic rings. The first kappa shape index (κ1) is 20.8. The lowest BCUT2D eigenvalue weighted by atomic mass is 9.67. The van der Waals surface area contributed by atoms with Gasteiger partial charge in [-0.3, -0.25) is 4.79 Å². The van der Waals surface area contributed by atoms with Crippen LogP contribution in [0.1, 0.15) is 56.9 Å². The Morgan fingerprint density at radius 3 is 2.48 bits per heavy atom. The van der Waals surface area contributed by atoms with E-state index in [-0.39, 0.29) is 5.41 Å². The van der Waals surface area contributed by atoms with E-state index >= 15 is 0 Å². The predicted octanol–water partition coefficient (Wildman–Crippen LogP) is 3.50. The van der Waals surface area contributed by atoms with Crippen LogP contribution in [0.3, 0.4) is 0 Å². The number of carboxylic acids is 1. The molecular formula is C24H36N2O3. The summed E-state index contributed by atoms with van der Waals surface area (Å²) in [5.41, 5.74) is 1.08. The molecule has 5 heteroatoms. The van der Waals surface area contributed by atoms with Crippen molar-refractivity contribution >= 4 is 5.97 Å². The SMILES string of the molecule is COCC1(C(C)N[C@@H]2CC2c2ccccc2)CCN(CC2(C(=O)O)CCC2)CC1. The number of aliphatic carboxylic acids is 1. The Balaban J connectivity index is 1.33. The van der Waals surface area contributed by atoms with Crippen LogP contribution in [0.25, 0.3) is 0 Å². The predicted molar refractivity (Wildman–Crippen MR) is 114 cm³/mol. The highest BCUT2D eigenvalue weighted by molar-refractivity contribution is 5.76. The topological polar surface area (TPSA) is 61.8 Å². The van der Waals surface area contributed by atoms with Gasteiger partial charge in [0, 0.05) is 37.1 Å². The van der Waals surface area contributed by atoms with Crippen molar-refractivity contribution in [3.8, 4) is 0 Å². The van der Waals surface area contributed by atoms with Gasteiger partial charge in [0.2, 0.25) is 0 Å². The summed E-state index contributed by atoms with van der Waals surface area (Å²) in [6, 6.07) is 11.8. The van der Waals surface area contributed by atoms with E-state index in [9.17, 15) is 9.90 Å². The number of hydrogen-bond donors (Lipinski definition) is 2. The molecule has 0 amide bonds. The van der Waals surface area contributed by atoms with Gasteiger partial charge in [0.1, 0.15) is 0 Å². The Morgan fingerprint density at radius 1 is 1.24 bits per heavy atom. The van der Waals surface area contributed by atoms with Gasteiger partial charge in [-0.25, -0.2) is 0 Å². The average Bonchev–Trinajstić information content (AvgIpc) is 3.45. The number of likely N-dealkylation sites (tertiary alicyclic amines) is 1. The van der Waals surface area contributed by atoms with Crippen LogP contribution in [0.2, 0.25) is 0 Å². The van der Waals surface area contributed by atoms with Crippen LogP contribution in [0.5, 0.6) is 0 Å². The molecule has 2 saturated carbocycles. The summed E-state index contributed by atoms with van der Waals surface area (Å²) < 4.78 is 5.67. The van der Waals surface area contributed by atoms with Crippen LogP contribution < -0.4 is 5.32 Å². The minimum atomic E-state index is -0.604. The van der Waals surface area contributed by atoms with Gasteiger partial charge in [0.25, 0.3) is 0 Å². The molecular weight excluding hydrogens is 364 g/mol. The smallest absolute Gasteiger partial charge is 0.310 e. The van der Waals surface area contributed by atoms with Crippen molar-refractivity contribution in [3.05, 3.63) is 35.9 Å². The Kier molecular flexibility index (Phi) is 6.01. The van der Waals surface area contributed by atoms with E-state index < -0.39 is 11.4 Å². The van der Waals surface area contributed by atoms with Gasteiger partial charge in [0.05, 0.1) is 12.0 Å². The quantitative estimate of drug-likeness (QED) is 0.664. The summed E-state index contributed by atoms with van der Waals surface area (Å²) in [6.45, 7) is 5.74. The van der Waals surface area contributed by atoms with Crippen LogP contribution >= 0.6 is 0 Å². The fourth-order valence-corrected chi connectivity index (χ4v) is 5.56. The maximum absolute atomic E-state index is 11.7. The van der Waals surface area contributed by atoms with Crippen LogP contribution in [0, 0.1) is 10.8 Å². The van der Waals surface area contributed by atoms with Crippen molar-refractivity contribution in [2.24, 2.45) is 10.8 Å². The molecule has 3 atom stereocenters. The molecule has 1 aromatic carbocycles. The van der Waals surface area contributed by atoms with Gasteiger partial charge >= 0.3 is 5.97 Å². The first-order chi connectivity index (χ1) is 14.0. The molecule has 2 N–H and O–H groups in total. The maximum Gasteiger partial charge on any atom is 0.310 e. The third-order valence-corrected chi connectivity index (χ3v) is 7.98. The number of nitrogens with zero attached hydrogens (tertiary/aromatic N) is 1. The zero-order valence-electron chi connectivity index (χ0n) is 17.9. The van der Waals surface area contributed by atoms with E-state index in [2.05, 4.69) is 47.5 Å². The molecule has 3 aliphatic rings. The molecule has 29 heavy (non-hydrogen) atoms. The van der Waals surface area contributed by atoms with Gasteiger partial charge in [-0.15, -0.1) is 0 Å². The number of methoxy groups -OCH3 is 1. The number of carboxylic acid groups (broad SMARTS) is 1. The molecule has 1 saturated heterocycles. The number of benzene rings is 1. The van der Waals surface area contributed by atoms with Crippen LogP contribution in [-0.2, 0) is 9.53 Å². The summed E-state index contributed by atoms with van der Waals surface area (Å²) in [7, 11) is 1.80. The summed E-state index contributed by atoms with van der Waals surface area (Å²) in [6.07, 6.45) is 6.06. The average molecular weight is 401 g/mol. The fourth-order valence-electron chi connectivity index (χ4n) is 5.56. The van der Waals surface area contributed by atoms with E-state index in [1.165, 1.54) is 12.0 Å². The van der Waals surface area contributed by atoms with Crippen molar-refractivity contribution < 1.29 is 14.6 Å². The highest BCUT2D eigenvalue weighted by atomic mass is 16.5.